The molecule has 3 N–H and O–H groups in total. The lowest BCUT2D eigenvalue weighted by molar-refractivity contribution is -0.0180. The van der Waals surface area contributed by atoms with E-state index in [0.717, 1.165) is 34.3 Å². The molecule has 12 heteroatoms. The van der Waals surface area contributed by atoms with Crippen molar-refractivity contribution in [1.29, 1.82) is 0 Å². The number of ether oxygens (including phenoxy) is 2. The minimum absolute atomic E-state index is 0.121. The van der Waals surface area contributed by atoms with Crippen LogP contribution < -0.4 is 15.5 Å². The van der Waals surface area contributed by atoms with Crippen LogP contribution in [0.3, 0.4) is 0 Å². The van der Waals surface area contributed by atoms with Gasteiger partial charge in [0.2, 0.25) is 0 Å². The van der Waals surface area contributed by atoms with Crippen LogP contribution >= 0.6 is 35.0 Å². The molecule has 1 atom stereocenters. The van der Waals surface area contributed by atoms with Crippen molar-refractivity contribution >= 4 is 46.9 Å². The van der Waals surface area contributed by atoms with Crippen LogP contribution in [-0.4, -0.2) is 70.9 Å². The van der Waals surface area contributed by atoms with Gasteiger partial charge in [-0.15, -0.1) is 0 Å². The topological polar surface area (TPSA) is 109 Å². The van der Waals surface area contributed by atoms with Gasteiger partial charge < -0.3 is 24.8 Å². The van der Waals surface area contributed by atoms with E-state index in [1.807, 2.05) is 39.8 Å². The molecule has 1 aromatic heterocycles. The van der Waals surface area contributed by atoms with Crippen molar-refractivity contribution in [2.75, 3.05) is 31.2 Å². The molecule has 1 aromatic carbocycles. The number of aliphatic hydroxyl groups is 1. The average Bonchev–Trinajstić information content (AvgIpc) is 2.87. The molecule has 9 nitrogen and oxygen atoms in total. The molecule has 2 aliphatic rings. The number of carbonyl (C=O) groups excluding carboxylic acids is 1. The summed E-state index contributed by atoms with van der Waals surface area (Å²) in [5, 5.41) is 19.4. The summed E-state index contributed by atoms with van der Waals surface area (Å²) in [5.41, 5.74) is -0.759. The van der Waals surface area contributed by atoms with Gasteiger partial charge in [0.15, 0.2) is 0 Å². The second-order valence-electron chi connectivity index (χ2n) is 11.0. The summed E-state index contributed by atoms with van der Waals surface area (Å²) in [7, 11) is 0. The molecule has 2 aliphatic heterocycles. The number of anilines is 1. The number of piperidine rings is 1. The predicted molar refractivity (Wildman–Crippen MR) is 154 cm³/mol. The van der Waals surface area contributed by atoms with Crippen LogP contribution in [0.4, 0.5) is 10.6 Å². The Morgan fingerprint density at radius 3 is 2.59 bits per heavy atom. The number of nitrogens with one attached hydrogen (secondary N) is 2. The second kappa shape index (κ2) is 12.8. The second-order valence-corrected chi connectivity index (χ2v) is 12.8. The molecule has 1 unspecified atom stereocenters. The molecule has 0 saturated carbocycles. The lowest BCUT2D eigenvalue weighted by Crippen LogP contribution is -2.67. The molecule has 0 aliphatic carbocycles. The van der Waals surface area contributed by atoms with Gasteiger partial charge in [0.25, 0.3) is 0 Å². The van der Waals surface area contributed by atoms with E-state index in [-0.39, 0.29) is 6.04 Å². The van der Waals surface area contributed by atoms with Gasteiger partial charge in [-0.3, -0.25) is 5.32 Å². The molecule has 2 aromatic rings. The number of aliphatic hydroxyl groups excluding tert-OH is 1. The molecule has 3 heterocycles. The number of hydrogen-bond donors (Lipinski definition) is 3. The van der Waals surface area contributed by atoms with Crippen molar-refractivity contribution in [1.82, 2.24) is 20.6 Å². The fourth-order valence-corrected chi connectivity index (χ4v) is 6.06. The van der Waals surface area contributed by atoms with Crippen molar-refractivity contribution in [3.63, 3.8) is 0 Å². The third kappa shape index (κ3) is 7.89. The first-order chi connectivity index (χ1) is 18.5. The number of aryl methyl sites for hydroxylation is 1. The van der Waals surface area contributed by atoms with Crippen molar-refractivity contribution < 1.29 is 19.4 Å². The van der Waals surface area contributed by atoms with Crippen molar-refractivity contribution in [2.24, 2.45) is 0 Å². The normalized spacial score (nSPS) is 19.0. The lowest BCUT2D eigenvalue weighted by Gasteiger charge is -2.46. The Balaban J connectivity index is 1.46. The number of alkyl carbamates (subject to hydrolysis) is 1. The lowest BCUT2D eigenvalue weighted by atomic mass is 9.85. The minimum atomic E-state index is -0.940. The van der Waals surface area contributed by atoms with E-state index in [2.05, 4.69) is 20.5 Å². The van der Waals surface area contributed by atoms with Gasteiger partial charge >= 0.3 is 6.09 Å². The van der Waals surface area contributed by atoms with Crippen molar-refractivity contribution in [2.45, 2.75) is 86.7 Å². The van der Waals surface area contributed by atoms with Gasteiger partial charge in [-0.1, -0.05) is 41.0 Å². The Bertz CT molecular complexity index is 1150. The van der Waals surface area contributed by atoms with E-state index in [9.17, 15) is 9.90 Å². The highest BCUT2D eigenvalue weighted by Gasteiger charge is 2.44. The Kier molecular flexibility index (Phi) is 9.88. The number of nitrogens with zero attached hydrogens (tertiary/aromatic N) is 3. The van der Waals surface area contributed by atoms with Crippen LogP contribution in [0.5, 0.6) is 0 Å². The molecule has 1 amide bonds. The zero-order valence-electron chi connectivity index (χ0n) is 22.8. The highest BCUT2D eigenvalue weighted by atomic mass is 35.5. The average molecular weight is 599 g/mol. The largest absolute Gasteiger partial charge is 0.444 e. The van der Waals surface area contributed by atoms with E-state index in [1.54, 1.807) is 12.3 Å². The van der Waals surface area contributed by atoms with Gasteiger partial charge in [-0.05, 0) is 65.5 Å². The summed E-state index contributed by atoms with van der Waals surface area (Å²) in [4.78, 5) is 25.2. The summed E-state index contributed by atoms with van der Waals surface area (Å²) >= 11 is 13.9. The zero-order valence-corrected chi connectivity index (χ0v) is 25.1. The summed E-state index contributed by atoms with van der Waals surface area (Å²) in [6, 6.07) is 5.62. The molecular weight excluding hydrogens is 561 g/mol. The first-order valence-electron chi connectivity index (χ1n) is 13.2. The van der Waals surface area contributed by atoms with E-state index in [4.69, 9.17) is 37.7 Å². The predicted octanol–water partition coefficient (Wildman–Crippen LogP) is 5.19. The molecule has 0 bridgehead atoms. The smallest absolute Gasteiger partial charge is 0.408 e. The molecule has 39 heavy (non-hydrogen) atoms. The highest BCUT2D eigenvalue weighted by molar-refractivity contribution is 7.99. The first kappa shape index (κ1) is 30.1. The molecular formula is C27H37Cl2N5O4S. The van der Waals surface area contributed by atoms with Crippen LogP contribution in [0.1, 0.15) is 52.1 Å². The third-order valence-corrected chi connectivity index (χ3v) is 8.96. The van der Waals surface area contributed by atoms with Gasteiger partial charge in [0.1, 0.15) is 22.7 Å². The number of aromatic nitrogens is 2. The Labute approximate surface area is 244 Å². The number of benzene rings is 1. The number of amides is 1. The Hall–Kier alpha value is -1.82. The number of carbonyl (C=O) groups is 1. The fourth-order valence-electron chi connectivity index (χ4n) is 4.73. The van der Waals surface area contributed by atoms with Crippen LogP contribution in [0.25, 0.3) is 0 Å². The molecule has 4 rings (SSSR count). The summed E-state index contributed by atoms with van der Waals surface area (Å²) in [6.45, 7) is 9.83. The van der Waals surface area contributed by atoms with E-state index in [1.165, 1.54) is 11.8 Å². The first-order valence-corrected chi connectivity index (χ1v) is 14.8. The standard InChI is InChI=1S/C27H37Cl2N5O4S/c1-17-23(39-20-7-5-6-19(28)22(20)29)30-16-21(31-17)34-12-10-27(11-13-34,33-25(36)38-26(2,3)4)24(35)32-18-8-14-37-15-9-18/h5-7,16,18,24,32,35H,8-15H2,1-4H3,(H,33,36). The van der Waals surface area contributed by atoms with Crippen LogP contribution in [0.2, 0.25) is 10.0 Å². The molecule has 0 spiro atoms. The van der Waals surface area contributed by atoms with Crippen LogP contribution in [0, 0.1) is 6.92 Å². The number of halogens is 2. The highest BCUT2D eigenvalue weighted by Crippen LogP contribution is 2.37. The Morgan fingerprint density at radius 2 is 1.95 bits per heavy atom. The molecule has 0 radical (unpaired) electrons. The van der Waals surface area contributed by atoms with Gasteiger partial charge in [-0.2, -0.15) is 0 Å². The van der Waals surface area contributed by atoms with Crippen LogP contribution in [-0.2, 0) is 9.47 Å². The summed E-state index contributed by atoms with van der Waals surface area (Å²) < 4.78 is 11.0. The van der Waals surface area contributed by atoms with Crippen molar-refractivity contribution in [3.05, 3.63) is 40.1 Å². The molecule has 214 valence electrons. The summed E-state index contributed by atoms with van der Waals surface area (Å²) in [6.07, 6.45) is 2.89. The maximum Gasteiger partial charge on any atom is 0.408 e. The quantitative estimate of drug-likeness (QED) is 0.371. The fraction of sp³-hybridized carbons (Fsp3) is 0.593. The van der Waals surface area contributed by atoms with E-state index >= 15 is 0 Å². The van der Waals surface area contributed by atoms with E-state index in [0.29, 0.717) is 49.2 Å². The minimum Gasteiger partial charge on any atom is -0.444 e. The number of rotatable bonds is 7. The zero-order chi connectivity index (χ0) is 28.2. The van der Waals surface area contributed by atoms with E-state index < -0.39 is 23.5 Å². The van der Waals surface area contributed by atoms with Crippen LogP contribution in [0.15, 0.2) is 34.3 Å². The SMILES string of the molecule is Cc1nc(N2CCC(NC(=O)OC(C)(C)C)(C(O)NC3CCOCC3)CC2)cnc1Sc1cccc(Cl)c1Cl. The van der Waals surface area contributed by atoms with Gasteiger partial charge in [-0.25, -0.2) is 14.8 Å². The molecule has 2 saturated heterocycles. The Morgan fingerprint density at radius 1 is 1.26 bits per heavy atom. The number of hydrogen-bond acceptors (Lipinski definition) is 9. The third-order valence-electron chi connectivity index (χ3n) is 6.88. The monoisotopic (exact) mass is 597 g/mol. The maximum absolute atomic E-state index is 12.8. The van der Waals surface area contributed by atoms with Gasteiger partial charge in [0.05, 0.1) is 27.5 Å². The van der Waals surface area contributed by atoms with Crippen molar-refractivity contribution in [3.8, 4) is 0 Å². The molecule has 2 fully saturated rings. The summed E-state index contributed by atoms with van der Waals surface area (Å²) in [5.74, 6) is 0.742. The maximum atomic E-state index is 12.8. The van der Waals surface area contributed by atoms with Gasteiger partial charge in [0, 0.05) is 37.2 Å².